The number of hydrogen-bond donors (Lipinski definition) is 1. The van der Waals surface area contributed by atoms with Crippen LogP contribution in [0.5, 0.6) is 0 Å². The fraction of sp³-hybridized carbons (Fsp3) is 0.286. The molecule has 0 fully saturated rings. The third-order valence-corrected chi connectivity index (χ3v) is 2.99. The molecular formula is C14H16N2O2. The van der Waals surface area contributed by atoms with Gasteiger partial charge in [-0.05, 0) is 31.4 Å². The van der Waals surface area contributed by atoms with Gasteiger partial charge in [0.05, 0.1) is 5.69 Å². The highest BCUT2D eigenvalue weighted by Crippen LogP contribution is 2.23. The topological polar surface area (TPSA) is 51.2 Å². The maximum absolute atomic E-state index is 12.1. The number of pyridine rings is 1. The molecule has 0 atom stereocenters. The third-order valence-electron chi connectivity index (χ3n) is 2.99. The van der Waals surface area contributed by atoms with Crippen molar-refractivity contribution in [2.75, 3.05) is 12.4 Å². The van der Waals surface area contributed by atoms with Gasteiger partial charge in [-0.25, -0.2) is 0 Å². The Morgan fingerprint density at radius 1 is 1.33 bits per heavy atom. The number of rotatable bonds is 3. The molecule has 94 valence electrons. The number of benzene rings is 1. The summed E-state index contributed by atoms with van der Waals surface area (Å²) in [6.45, 7) is 3.46. The van der Waals surface area contributed by atoms with E-state index < -0.39 is 5.60 Å². The van der Waals surface area contributed by atoms with Gasteiger partial charge in [0.1, 0.15) is 5.60 Å². The molecule has 1 amide bonds. The minimum Gasteiger partial charge on any atom is -0.369 e. The van der Waals surface area contributed by atoms with Crippen LogP contribution in [0.15, 0.2) is 36.7 Å². The lowest BCUT2D eigenvalue weighted by atomic mass is 10.1. The summed E-state index contributed by atoms with van der Waals surface area (Å²) in [6, 6.07) is 7.64. The predicted molar refractivity (Wildman–Crippen MR) is 71.5 cm³/mol. The molecule has 0 aliphatic carbocycles. The highest BCUT2D eigenvalue weighted by molar-refractivity contribution is 6.04. The molecule has 4 heteroatoms. The molecule has 1 aromatic carbocycles. The van der Waals surface area contributed by atoms with Gasteiger partial charge >= 0.3 is 0 Å². The van der Waals surface area contributed by atoms with Crippen LogP contribution in [0.2, 0.25) is 0 Å². The molecule has 0 saturated heterocycles. The van der Waals surface area contributed by atoms with Gasteiger partial charge in [-0.3, -0.25) is 9.78 Å². The van der Waals surface area contributed by atoms with Gasteiger partial charge in [-0.15, -0.1) is 0 Å². The van der Waals surface area contributed by atoms with Crippen molar-refractivity contribution < 1.29 is 9.53 Å². The smallest absolute Gasteiger partial charge is 0.256 e. The highest BCUT2D eigenvalue weighted by atomic mass is 16.5. The summed E-state index contributed by atoms with van der Waals surface area (Å²) in [6.07, 6.45) is 3.47. The van der Waals surface area contributed by atoms with Gasteiger partial charge in [-0.2, -0.15) is 0 Å². The number of carbonyl (C=O) groups excluding carboxylic acids is 1. The van der Waals surface area contributed by atoms with Crippen LogP contribution < -0.4 is 5.32 Å². The summed E-state index contributed by atoms with van der Waals surface area (Å²) in [5.74, 6) is -0.179. The SMILES string of the molecule is COC(C)(C)C(=O)Nc1cccc2ccncc12. The van der Waals surface area contributed by atoms with Crippen LogP contribution in [0, 0.1) is 0 Å². The van der Waals surface area contributed by atoms with E-state index in [4.69, 9.17) is 4.74 Å². The zero-order valence-corrected chi connectivity index (χ0v) is 10.7. The number of hydrogen-bond acceptors (Lipinski definition) is 3. The molecule has 1 heterocycles. The average molecular weight is 244 g/mol. The standard InChI is InChI=1S/C14H16N2O2/c1-14(2,18-3)13(17)16-12-6-4-5-10-7-8-15-9-11(10)12/h4-9H,1-3H3,(H,16,17). The molecule has 18 heavy (non-hydrogen) atoms. The lowest BCUT2D eigenvalue weighted by Gasteiger charge is -2.22. The minimum absolute atomic E-state index is 0.179. The third kappa shape index (κ3) is 2.33. The fourth-order valence-corrected chi connectivity index (χ4v) is 1.59. The lowest BCUT2D eigenvalue weighted by molar-refractivity contribution is -0.133. The van der Waals surface area contributed by atoms with Crippen molar-refractivity contribution in [2.24, 2.45) is 0 Å². The molecule has 4 nitrogen and oxygen atoms in total. The van der Waals surface area contributed by atoms with E-state index in [0.29, 0.717) is 0 Å². The Kier molecular flexibility index (Phi) is 3.30. The zero-order chi connectivity index (χ0) is 13.2. The van der Waals surface area contributed by atoms with Gasteiger partial charge in [0.2, 0.25) is 0 Å². The van der Waals surface area contributed by atoms with Crippen molar-refractivity contribution in [3.63, 3.8) is 0 Å². The fourth-order valence-electron chi connectivity index (χ4n) is 1.59. The number of anilines is 1. The molecule has 1 aromatic heterocycles. The van der Waals surface area contributed by atoms with Crippen LogP contribution in [0.4, 0.5) is 5.69 Å². The normalized spacial score (nSPS) is 11.5. The summed E-state index contributed by atoms with van der Waals surface area (Å²) in [5, 5.41) is 4.83. The van der Waals surface area contributed by atoms with Gasteiger partial charge in [0.15, 0.2) is 0 Å². The van der Waals surface area contributed by atoms with Crippen LogP contribution >= 0.6 is 0 Å². The highest BCUT2D eigenvalue weighted by Gasteiger charge is 2.27. The Bertz CT molecular complexity index is 574. The molecule has 1 N–H and O–H groups in total. The molecule has 0 unspecified atom stereocenters. The maximum atomic E-state index is 12.1. The van der Waals surface area contributed by atoms with Gasteiger partial charge < -0.3 is 10.1 Å². The number of amides is 1. The van der Waals surface area contributed by atoms with Crippen molar-refractivity contribution in [3.05, 3.63) is 36.7 Å². The Labute approximate surface area is 106 Å². The first-order valence-corrected chi connectivity index (χ1v) is 5.74. The summed E-state index contributed by atoms with van der Waals surface area (Å²) >= 11 is 0. The molecular weight excluding hydrogens is 228 g/mol. The van der Waals surface area contributed by atoms with Gasteiger partial charge in [0, 0.05) is 24.9 Å². The molecule has 0 saturated carbocycles. The quantitative estimate of drug-likeness (QED) is 0.902. The van der Waals surface area contributed by atoms with E-state index in [1.807, 2.05) is 24.3 Å². The number of nitrogens with zero attached hydrogens (tertiary/aromatic N) is 1. The van der Waals surface area contributed by atoms with Crippen LogP contribution in [-0.2, 0) is 9.53 Å². The van der Waals surface area contributed by atoms with E-state index in [1.54, 1.807) is 26.2 Å². The summed E-state index contributed by atoms with van der Waals surface area (Å²) in [4.78, 5) is 16.1. The van der Waals surface area contributed by atoms with Crippen LogP contribution in [0.25, 0.3) is 10.8 Å². The van der Waals surface area contributed by atoms with Gasteiger partial charge in [0.25, 0.3) is 5.91 Å². The van der Waals surface area contributed by atoms with E-state index in [-0.39, 0.29) is 5.91 Å². The van der Waals surface area contributed by atoms with Crippen LogP contribution in [-0.4, -0.2) is 23.6 Å². The second-order valence-electron chi connectivity index (χ2n) is 4.57. The lowest BCUT2D eigenvalue weighted by Crippen LogP contribution is -2.38. The van der Waals surface area contributed by atoms with Gasteiger partial charge in [-0.1, -0.05) is 12.1 Å². The number of carbonyl (C=O) groups is 1. The van der Waals surface area contributed by atoms with E-state index in [2.05, 4.69) is 10.3 Å². The number of aromatic nitrogens is 1. The monoisotopic (exact) mass is 244 g/mol. The zero-order valence-electron chi connectivity index (χ0n) is 10.7. The Balaban J connectivity index is 2.36. The second kappa shape index (κ2) is 4.74. The number of ether oxygens (including phenoxy) is 1. The van der Waals surface area contributed by atoms with Crippen LogP contribution in [0.1, 0.15) is 13.8 Å². The second-order valence-corrected chi connectivity index (χ2v) is 4.57. The average Bonchev–Trinajstić information content (AvgIpc) is 2.39. The van der Waals surface area contributed by atoms with E-state index in [9.17, 15) is 4.79 Å². The maximum Gasteiger partial charge on any atom is 0.256 e. The van der Waals surface area contributed by atoms with E-state index in [1.165, 1.54) is 7.11 Å². The van der Waals surface area contributed by atoms with Crippen molar-refractivity contribution >= 4 is 22.4 Å². The molecule has 0 aliphatic heterocycles. The molecule has 0 spiro atoms. The first-order chi connectivity index (χ1) is 8.54. The molecule has 2 aromatic rings. The van der Waals surface area contributed by atoms with Crippen molar-refractivity contribution in [3.8, 4) is 0 Å². The van der Waals surface area contributed by atoms with Crippen LogP contribution in [0.3, 0.4) is 0 Å². The minimum atomic E-state index is -0.857. The predicted octanol–water partition coefficient (Wildman–Crippen LogP) is 2.60. The van der Waals surface area contributed by atoms with Crippen molar-refractivity contribution in [1.82, 2.24) is 4.98 Å². The molecule has 2 rings (SSSR count). The molecule has 0 radical (unpaired) electrons. The summed E-state index contributed by atoms with van der Waals surface area (Å²) < 4.78 is 5.16. The Hall–Kier alpha value is -1.94. The number of nitrogens with one attached hydrogen (secondary N) is 1. The molecule has 0 aliphatic rings. The molecule has 0 bridgehead atoms. The Morgan fingerprint density at radius 2 is 2.11 bits per heavy atom. The number of fused-ring (bicyclic) bond motifs is 1. The Morgan fingerprint density at radius 3 is 2.83 bits per heavy atom. The van der Waals surface area contributed by atoms with Crippen molar-refractivity contribution in [2.45, 2.75) is 19.4 Å². The first kappa shape index (κ1) is 12.5. The van der Waals surface area contributed by atoms with Crippen molar-refractivity contribution in [1.29, 1.82) is 0 Å². The first-order valence-electron chi connectivity index (χ1n) is 5.74. The summed E-state index contributed by atoms with van der Waals surface area (Å²) in [5.41, 5.74) is -0.111. The van der Waals surface area contributed by atoms with E-state index in [0.717, 1.165) is 16.5 Å². The largest absolute Gasteiger partial charge is 0.369 e. The van der Waals surface area contributed by atoms with E-state index >= 15 is 0 Å². The number of methoxy groups -OCH3 is 1. The summed E-state index contributed by atoms with van der Waals surface area (Å²) in [7, 11) is 1.52.